The summed E-state index contributed by atoms with van der Waals surface area (Å²) in [5, 5.41) is 7.21. The molecule has 6 nitrogen and oxygen atoms in total. The first kappa shape index (κ1) is 18.0. The molecule has 0 spiro atoms. The number of amides is 2. The number of hydrogen-bond acceptors (Lipinski definition) is 3. The molecular weight excluding hydrogens is 352 g/mol. The van der Waals surface area contributed by atoms with Gasteiger partial charge in [-0.05, 0) is 25.5 Å². The second-order valence-electron chi connectivity index (χ2n) is 7.18. The molecule has 1 aromatic heterocycles. The van der Waals surface area contributed by atoms with Crippen LogP contribution in [0.15, 0.2) is 67.0 Å². The van der Waals surface area contributed by atoms with Crippen LogP contribution in [0.2, 0.25) is 0 Å². The Labute approximate surface area is 163 Å². The Morgan fingerprint density at radius 2 is 1.82 bits per heavy atom. The van der Waals surface area contributed by atoms with Crippen LogP contribution in [0, 0.1) is 0 Å². The number of anilines is 1. The van der Waals surface area contributed by atoms with E-state index in [1.165, 1.54) is 0 Å². The standard InChI is InChI=1S/C22H22N4O2/c1-15(2)26-13-17(12-23-26)22(28)25-14-20(27)24-19-11-7-6-10-18(19)21(25)16-8-4-3-5-9-16/h3-13,15,21H,14H2,1-2H3,(H,24,27)/t21-/m1/s1. The van der Waals surface area contributed by atoms with Crippen LogP contribution in [-0.4, -0.2) is 33.0 Å². The molecule has 4 rings (SSSR count). The van der Waals surface area contributed by atoms with Gasteiger partial charge in [-0.2, -0.15) is 5.10 Å². The molecule has 0 radical (unpaired) electrons. The Balaban J connectivity index is 1.82. The maximum Gasteiger partial charge on any atom is 0.258 e. The fourth-order valence-corrected chi connectivity index (χ4v) is 3.53. The summed E-state index contributed by atoms with van der Waals surface area (Å²) < 4.78 is 1.75. The van der Waals surface area contributed by atoms with E-state index >= 15 is 0 Å². The average Bonchev–Trinajstić information content (AvgIpc) is 3.14. The number of fused-ring (bicyclic) bond motifs is 1. The van der Waals surface area contributed by atoms with E-state index in [9.17, 15) is 9.59 Å². The number of rotatable bonds is 3. The molecule has 6 heteroatoms. The zero-order chi connectivity index (χ0) is 19.7. The second-order valence-corrected chi connectivity index (χ2v) is 7.18. The van der Waals surface area contributed by atoms with Crippen molar-refractivity contribution in [3.8, 4) is 0 Å². The molecule has 0 saturated carbocycles. The van der Waals surface area contributed by atoms with Crippen LogP contribution in [0.4, 0.5) is 5.69 Å². The minimum Gasteiger partial charge on any atom is -0.324 e. The lowest BCUT2D eigenvalue weighted by molar-refractivity contribution is -0.117. The summed E-state index contributed by atoms with van der Waals surface area (Å²) in [6.07, 6.45) is 3.31. The smallest absolute Gasteiger partial charge is 0.258 e. The molecule has 1 atom stereocenters. The van der Waals surface area contributed by atoms with Crippen molar-refractivity contribution in [1.82, 2.24) is 14.7 Å². The molecule has 0 saturated heterocycles. The zero-order valence-electron chi connectivity index (χ0n) is 15.9. The van der Waals surface area contributed by atoms with Crippen molar-refractivity contribution in [3.05, 3.63) is 83.7 Å². The van der Waals surface area contributed by atoms with Crippen LogP contribution in [-0.2, 0) is 4.79 Å². The molecule has 0 bridgehead atoms. The minimum absolute atomic E-state index is 0.0278. The van der Waals surface area contributed by atoms with E-state index in [-0.39, 0.29) is 30.4 Å². The number of carbonyl (C=O) groups excluding carboxylic acids is 2. The number of aromatic nitrogens is 2. The normalized spacial score (nSPS) is 16.5. The Kier molecular flexibility index (Phi) is 4.69. The zero-order valence-corrected chi connectivity index (χ0v) is 15.9. The van der Waals surface area contributed by atoms with E-state index in [1.807, 2.05) is 68.4 Å². The SMILES string of the molecule is CC(C)n1cc(C(=O)N2CC(=O)Nc3ccccc3[C@H]2c2ccccc2)cn1. The van der Waals surface area contributed by atoms with E-state index in [4.69, 9.17) is 0 Å². The van der Waals surface area contributed by atoms with Gasteiger partial charge in [-0.1, -0.05) is 48.5 Å². The van der Waals surface area contributed by atoms with Gasteiger partial charge in [0.1, 0.15) is 6.54 Å². The highest BCUT2D eigenvalue weighted by Gasteiger charge is 2.34. The van der Waals surface area contributed by atoms with E-state index in [1.54, 1.807) is 22.0 Å². The van der Waals surface area contributed by atoms with Crippen molar-refractivity contribution in [2.45, 2.75) is 25.9 Å². The Morgan fingerprint density at radius 1 is 1.11 bits per heavy atom. The molecule has 0 aliphatic carbocycles. The number of para-hydroxylation sites is 1. The van der Waals surface area contributed by atoms with Crippen LogP contribution in [0.5, 0.6) is 0 Å². The van der Waals surface area contributed by atoms with Crippen molar-refractivity contribution in [1.29, 1.82) is 0 Å². The predicted octanol–water partition coefficient (Wildman–Crippen LogP) is 3.65. The lowest BCUT2D eigenvalue weighted by Gasteiger charge is -2.30. The Hall–Kier alpha value is -3.41. The number of hydrogen-bond donors (Lipinski definition) is 1. The lowest BCUT2D eigenvalue weighted by atomic mass is 9.95. The predicted molar refractivity (Wildman–Crippen MR) is 107 cm³/mol. The fourth-order valence-electron chi connectivity index (χ4n) is 3.53. The first-order valence-electron chi connectivity index (χ1n) is 9.33. The molecule has 28 heavy (non-hydrogen) atoms. The lowest BCUT2D eigenvalue weighted by Crippen LogP contribution is -2.38. The molecule has 1 N–H and O–H groups in total. The van der Waals surface area contributed by atoms with Gasteiger partial charge < -0.3 is 10.2 Å². The highest BCUT2D eigenvalue weighted by Crippen LogP contribution is 2.36. The summed E-state index contributed by atoms with van der Waals surface area (Å²) in [5.74, 6) is -0.428. The summed E-state index contributed by atoms with van der Waals surface area (Å²) in [6, 6.07) is 17.2. The molecule has 142 valence electrons. The largest absolute Gasteiger partial charge is 0.324 e. The number of benzene rings is 2. The van der Waals surface area contributed by atoms with Crippen LogP contribution in [0.3, 0.4) is 0 Å². The van der Waals surface area contributed by atoms with Crippen molar-refractivity contribution < 1.29 is 9.59 Å². The van der Waals surface area contributed by atoms with Crippen LogP contribution < -0.4 is 5.32 Å². The topological polar surface area (TPSA) is 67.2 Å². The fraction of sp³-hybridized carbons (Fsp3) is 0.227. The third-order valence-corrected chi connectivity index (χ3v) is 4.91. The van der Waals surface area contributed by atoms with Gasteiger partial charge in [-0.3, -0.25) is 14.3 Å². The monoisotopic (exact) mass is 374 g/mol. The van der Waals surface area contributed by atoms with Gasteiger partial charge in [-0.25, -0.2) is 0 Å². The van der Waals surface area contributed by atoms with Crippen molar-refractivity contribution in [2.24, 2.45) is 0 Å². The summed E-state index contributed by atoms with van der Waals surface area (Å²) in [6.45, 7) is 3.98. The molecule has 1 aliphatic heterocycles. The summed E-state index contributed by atoms with van der Waals surface area (Å²) in [5.41, 5.74) is 3.05. The highest BCUT2D eigenvalue weighted by atomic mass is 16.2. The van der Waals surface area contributed by atoms with Gasteiger partial charge >= 0.3 is 0 Å². The van der Waals surface area contributed by atoms with Crippen molar-refractivity contribution in [3.63, 3.8) is 0 Å². The van der Waals surface area contributed by atoms with Gasteiger partial charge in [-0.15, -0.1) is 0 Å². The average molecular weight is 374 g/mol. The van der Waals surface area contributed by atoms with Gasteiger partial charge in [0.15, 0.2) is 0 Å². The van der Waals surface area contributed by atoms with E-state index in [0.717, 1.165) is 16.8 Å². The Morgan fingerprint density at radius 3 is 2.54 bits per heavy atom. The second kappa shape index (κ2) is 7.31. The quantitative estimate of drug-likeness (QED) is 0.761. The maximum atomic E-state index is 13.4. The van der Waals surface area contributed by atoms with Gasteiger partial charge in [0.25, 0.3) is 5.91 Å². The number of carbonyl (C=O) groups is 2. The van der Waals surface area contributed by atoms with Crippen molar-refractivity contribution >= 4 is 17.5 Å². The number of nitrogens with zero attached hydrogens (tertiary/aromatic N) is 3. The molecule has 3 aromatic rings. The van der Waals surface area contributed by atoms with Crippen LogP contribution in [0.25, 0.3) is 0 Å². The molecule has 0 fully saturated rings. The van der Waals surface area contributed by atoms with Gasteiger partial charge in [0.2, 0.25) is 5.91 Å². The Bertz CT molecular complexity index is 1010. The van der Waals surface area contributed by atoms with E-state index in [2.05, 4.69) is 10.4 Å². The summed E-state index contributed by atoms with van der Waals surface area (Å²) in [4.78, 5) is 27.6. The van der Waals surface area contributed by atoms with Crippen LogP contribution in [0.1, 0.15) is 47.4 Å². The van der Waals surface area contributed by atoms with Crippen LogP contribution >= 0.6 is 0 Å². The maximum absolute atomic E-state index is 13.4. The van der Waals surface area contributed by atoms with Gasteiger partial charge in [0.05, 0.1) is 17.8 Å². The molecule has 0 unspecified atom stereocenters. The molecule has 2 heterocycles. The molecular formula is C22H22N4O2. The van der Waals surface area contributed by atoms with E-state index in [0.29, 0.717) is 5.56 Å². The van der Waals surface area contributed by atoms with E-state index < -0.39 is 0 Å². The van der Waals surface area contributed by atoms with Crippen molar-refractivity contribution in [2.75, 3.05) is 11.9 Å². The summed E-state index contributed by atoms with van der Waals surface area (Å²) >= 11 is 0. The first-order chi connectivity index (χ1) is 13.5. The molecule has 2 amide bonds. The first-order valence-corrected chi connectivity index (χ1v) is 9.33. The third-order valence-electron chi connectivity index (χ3n) is 4.91. The third kappa shape index (κ3) is 3.29. The molecule has 2 aromatic carbocycles. The summed E-state index contributed by atoms with van der Waals surface area (Å²) in [7, 11) is 0. The number of nitrogens with one attached hydrogen (secondary N) is 1. The molecule has 1 aliphatic rings. The van der Waals surface area contributed by atoms with Gasteiger partial charge in [0, 0.05) is 23.5 Å². The highest BCUT2D eigenvalue weighted by molar-refractivity contribution is 6.01. The minimum atomic E-state index is -0.369.